The molecule has 2 amide bonds. The lowest BCUT2D eigenvalue weighted by atomic mass is 9.78. The third kappa shape index (κ3) is 36.8. The highest BCUT2D eigenvalue weighted by Crippen LogP contribution is 2.39. The fraction of sp³-hybridized carbons (Fsp3) is 0.825. The smallest absolute Gasteiger partial charge is 0.407 e. The van der Waals surface area contributed by atoms with E-state index in [0.29, 0.717) is 195 Å². The van der Waals surface area contributed by atoms with Crippen molar-refractivity contribution in [2.75, 3.05) is 180 Å². The SMILES string of the molecule is CCOCCOCCOCCOCCOCCCC(=O)O[C@@H]1CCC(C[C@@H](C)[C@@H]2C[C@@H](OC(=O)NCCOCCOCCOCCOCCOCCOCC)[C@H](C)/C=C(\C)[C@@H](O)[C@@H](OC)C(=O)[C@H](C)C[C@H](C)/C=C/C=C/C=C(\C)[C@@H](OC)C[C@@H]3CC[C@@H](C)[C@@](O)(O3)C(=O)C(=O)N3CCCC[C@H]3C(=O)O2)C[C@H]1OC. The van der Waals surface area contributed by atoms with E-state index in [1.54, 1.807) is 41.1 Å². The second kappa shape index (κ2) is 56.5. The first kappa shape index (κ1) is 95.7. The minimum Gasteiger partial charge on any atom is -0.460 e. The molecule has 28 nitrogen and oxygen atoms in total. The van der Waals surface area contributed by atoms with Crippen LogP contribution in [0, 0.1) is 35.5 Å². The molecule has 1 saturated carbocycles. The van der Waals surface area contributed by atoms with E-state index in [1.165, 1.54) is 12.0 Å². The molecule has 4 rings (SSSR count). The Morgan fingerprint density at radius 1 is 0.611 bits per heavy atom. The van der Waals surface area contributed by atoms with E-state index in [-0.39, 0.29) is 82.2 Å². The molecule has 3 aliphatic heterocycles. The lowest BCUT2D eigenvalue weighted by Crippen LogP contribution is -2.61. The molecule has 108 heavy (non-hydrogen) atoms. The van der Waals surface area contributed by atoms with Gasteiger partial charge in [0.1, 0.15) is 36.6 Å². The summed E-state index contributed by atoms with van der Waals surface area (Å²) in [6.45, 7) is 26.1. The minimum absolute atomic E-state index is 0.0192. The average Bonchev–Trinajstić information content (AvgIpc) is 0.775. The van der Waals surface area contributed by atoms with Gasteiger partial charge < -0.3 is 106 Å². The van der Waals surface area contributed by atoms with Crippen LogP contribution in [0.5, 0.6) is 0 Å². The van der Waals surface area contributed by atoms with Crippen LogP contribution in [0.15, 0.2) is 47.6 Å². The summed E-state index contributed by atoms with van der Waals surface area (Å²) in [6.07, 6.45) is 8.80. The summed E-state index contributed by atoms with van der Waals surface area (Å²) in [4.78, 5) is 87.6. The maximum absolute atomic E-state index is 15.2. The number of aliphatic hydroxyl groups is 2. The molecule has 4 aliphatic rings. The summed E-state index contributed by atoms with van der Waals surface area (Å²) in [5, 5.41) is 27.1. The Kier molecular flexibility index (Phi) is 50.1. The maximum atomic E-state index is 15.2. The molecule has 0 aromatic rings. The van der Waals surface area contributed by atoms with E-state index in [0.717, 1.165) is 5.57 Å². The van der Waals surface area contributed by atoms with Gasteiger partial charge in [0.25, 0.3) is 11.7 Å². The van der Waals surface area contributed by atoms with E-state index >= 15 is 4.79 Å². The predicted octanol–water partition coefficient (Wildman–Crippen LogP) is 8.26. The van der Waals surface area contributed by atoms with Crippen molar-refractivity contribution in [1.29, 1.82) is 0 Å². The van der Waals surface area contributed by atoms with E-state index in [9.17, 15) is 34.2 Å². The summed E-state index contributed by atoms with van der Waals surface area (Å²) >= 11 is 0. The number of piperidine rings is 1. The highest BCUT2D eigenvalue weighted by atomic mass is 16.6. The molecular formula is C80H136N2O26. The van der Waals surface area contributed by atoms with Gasteiger partial charge in [0.2, 0.25) is 5.79 Å². The number of methoxy groups -OCH3 is 3. The number of cyclic esters (lactones) is 1. The fourth-order valence-electron chi connectivity index (χ4n) is 13.7. The number of rotatable bonds is 44. The van der Waals surface area contributed by atoms with Crippen molar-refractivity contribution in [3.05, 3.63) is 47.6 Å². The van der Waals surface area contributed by atoms with Crippen LogP contribution in [0.2, 0.25) is 0 Å². The topological polar surface area (TPSA) is 324 Å². The number of allylic oxidation sites excluding steroid dienone is 5. The van der Waals surface area contributed by atoms with Gasteiger partial charge in [0, 0.05) is 91.3 Å². The quantitative estimate of drug-likeness (QED) is 0.0170. The number of Topliss-reactive ketones (excluding diaryl/α,β-unsaturated/α-hetero) is 2. The lowest BCUT2D eigenvalue weighted by molar-refractivity contribution is -0.265. The molecule has 3 N–H and O–H groups in total. The van der Waals surface area contributed by atoms with Crippen molar-refractivity contribution in [2.24, 2.45) is 35.5 Å². The number of esters is 2. The first-order valence-electron chi connectivity index (χ1n) is 39.6. The first-order chi connectivity index (χ1) is 52.1. The molecule has 2 bridgehead atoms. The Hall–Kier alpha value is -4.70. The van der Waals surface area contributed by atoms with Gasteiger partial charge in [-0.25, -0.2) is 9.59 Å². The number of nitrogens with one attached hydrogen (secondary N) is 1. The average molecular weight is 1540 g/mol. The van der Waals surface area contributed by atoms with Crippen molar-refractivity contribution in [3.8, 4) is 0 Å². The molecule has 1 unspecified atom stereocenters. The minimum atomic E-state index is -2.51. The third-order valence-corrected chi connectivity index (χ3v) is 20.1. The molecule has 1 aliphatic carbocycles. The molecule has 0 spiro atoms. The monoisotopic (exact) mass is 1540 g/mol. The van der Waals surface area contributed by atoms with Crippen LogP contribution in [0.4, 0.5) is 4.79 Å². The number of amides is 2. The number of ether oxygens (including phenoxy) is 18. The number of aliphatic hydroxyl groups excluding tert-OH is 1. The van der Waals surface area contributed by atoms with Gasteiger partial charge in [-0.1, -0.05) is 71.1 Å². The highest BCUT2D eigenvalue weighted by molar-refractivity contribution is 6.39. The van der Waals surface area contributed by atoms with Crippen LogP contribution in [-0.4, -0.2) is 291 Å². The zero-order valence-electron chi connectivity index (χ0n) is 67.1. The number of ketones is 2. The number of alkyl carbamates (subject to hydrolysis) is 1. The van der Waals surface area contributed by atoms with Gasteiger partial charge in [0.15, 0.2) is 5.78 Å². The summed E-state index contributed by atoms with van der Waals surface area (Å²) in [7, 11) is 4.52. The molecular weight excluding hydrogens is 1400 g/mol. The Morgan fingerprint density at radius 2 is 1.18 bits per heavy atom. The van der Waals surface area contributed by atoms with Crippen molar-refractivity contribution in [2.45, 2.75) is 213 Å². The molecule has 3 fully saturated rings. The molecule has 622 valence electrons. The molecule has 3 heterocycles. The zero-order valence-corrected chi connectivity index (χ0v) is 67.1. The van der Waals surface area contributed by atoms with Crippen LogP contribution in [-0.2, 0) is 109 Å². The van der Waals surface area contributed by atoms with Gasteiger partial charge in [-0.3, -0.25) is 19.2 Å². The highest BCUT2D eigenvalue weighted by Gasteiger charge is 2.53. The zero-order chi connectivity index (χ0) is 78.9. The van der Waals surface area contributed by atoms with Gasteiger partial charge in [-0.15, -0.1) is 0 Å². The van der Waals surface area contributed by atoms with Gasteiger partial charge in [-0.05, 0) is 127 Å². The largest absolute Gasteiger partial charge is 0.460 e. The lowest BCUT2D eigenvalue weighted by Gasteiger charge is -2.43. The predicted molar refractivity (Wildman–Crippen MR) is 402 cm³/mol. The summed E-state index contributed by atoms with van der Waals surface area (Å²) < 4.78 is 104. The van der Waals surface area contributed by atoms with Gasteiger partial charge in [0.05, 0.1) is 144 Å². The molecule has 16 atom stereocenters. The van der Waals surface area contributed by atoms with E-state index in [2.05, 4.69) is 5.32 Å². The van der Waals surface area contributed by atoms with E-state index < -0.39 is 108 Å². The Balaban J connectivity index is 1.57. The van der Waals surface area contributed by atoms with E-state index in [4.69, 9.17) is 85.3 Å². The molecule has 0 radical (unpaired) electrons. The molecule has 0 aromatic heterocycles. The number of fused-ring (bicyclic) bond motifs is 3. The van der Waals surface area contributed by atoms with Crippen LogP contribution in [0.25, 0.3) is 0 Å². The van der Waals surface area contributed by atoms with E-state index in [1.807, 2.05) is 71.9 Å². The summed E-state index contributed by atoms with van der Waals surface area (Å²) in [5.41, 5.74) is 1.21. The van der Waals surface area contributed by atoms with Gasteiger partial charge in [-0.2, -0.15) is 0 Å². The number of carbonyl (C=O) groups is 6. The normalized spacial score (nSPS) is 29.6. The standard InChI is InChI=1S/C80H136N2O26/c1-13-94-33-35-98-41-43-102-47-45-100-39-37-96-31-20-24-72(83)105-67-28-26-64(54-71(67)92-11)53-60(6)69-56-70(107-79(89)81-29-32-97-38-40-101-46-48-104-50-49-103-44-42-99-36-34-95-14-2)59(5)52-62(8)74(85)75(93-12)73(84)61(7)51-57(3)21-16-15-17-22-58(4)68(91-10)55-65-27-25-63(9)80(90,108-65)76(86)77(87)82-30-19-18-23-66(82)78(88)106-69/h15-17,21-22,52,57,59-61,63-71,74-75,85,90H,13-14,18-20,23-51,53-56H2,1-12H3,(H,81,89)/b17-15+,21-16+,58-22+,62-52+/t57-,59-,60-,61-,63-,64?,65+,66+,67-,68+,69+,70-,71-,74-,75+,80-/m1/s1. The van der Waals surface area contributed by atoms with Crippen molar-refractivity contribution in [3.63, 3.8) is 0 Å². The second-order valence-corrected chi connectivity index (χ2v) is 28.6. The second-order valence-electron chi connectivity index (χ2n) is 28.6. The third-order valence-electron chi connectivity index (χ3n) is 20.1. The number of hydrogen-bond donors (Lipinski definition) is 3. The fourth-order valence-corrected chi connectivity index (χ4v) is 13.7. The van der Waals surface area contributed by atoms with Crippen LogP contribution < -0.4 is 5.32 Å². The molecule has 0 aromatic carbocycles. The van der Waals surface area contributed by atoms with Gasteiger partial charge >= 0.3 is 18.0 Å². The molecule has 28 heteroatoms. The number of carbonyl (C=O) groups excluding carboxylic acids is 6. The molecule has 2 saturated heterocycles. The number of nitrogens with zero attached hydrogens (tertiary/aromatic N) is 1. The summed E-state index contributed by atoms with van der Waals surface area (Å²) in [6, 6.07) is -1.25. The number of hydrogen-bond acceptors (Lipinski definition) is 26. The maximum Gasteiger partial charge on any atom is 0.407 e. The van der Waals surface area contributed by atoms with Crippen LogP contribution in [0.3, 0.4) is 0 Å². The van der Waals surface area contributed by atoms with Crippen LogP contribution in [0.1, 0.15) is 152 Å². The van der Waals surface area contributed by atoms with Crippen molar-refractivity contribution in [1.82, 2.24) is 10.2 Å². The Bertz CT molecular complexity index is 2630. The van der Waals surface area contributed by atoms with Crippen molar-refractivity contribution >= 4 is 35.5 Å². The van der Waals surface area contributed by atoms with Crippen molar-refractivity contribution < 1.29 is 124 Å². The first-order valence-corrected chi connectivity index (χ1v) is 39.6. The Morgan fingerprint density at radius 3 is 1.73 bits per heavy atom. The summed E-state index contributed by atoms with van der Waals surface area (Å²) in [5.74, 6) is -8.80. The Labute approximate surface area is 643 Å². The van der Waals surface area contributed by atoms with Crippen LogP contribution >= 0.6 is 0 Å².